The van der Waals surface area contributed by atoms with Gasteiger partial charge in [-0.2, -0.15) is 17.0 Å². The van der Waals surface area contributed by atoms with E-state index < -0.39 is 0 Å². The Balaban J connectivity index is 2.00. The Morgan fingerprint density at radius 3 is 2.78 bits per heavy atom. The fraction of sp³-hybridized carbons (Fsp3) is 0.214. The number of hydrogen-bond donors (Lipinski definition) is 1. The maximum absolute atomic E-state index is 8.97. The van der Waals surface area contributed by atoms with Crippen molar-refractivity contribution < 1.29 is 4.42 Å². The summed E-state index contributed by atoms with van der Waals surface area (Å²) in [4.78, 5) is 0. The van der Waals surface area contributed by atoms with Gasteiger partial charge in [0.15, 0.2) is 0 Å². The third-order valence-corrected chi connectivity index (χ3v) is 3.08. The quantitative estimate of drug-likeness (QED) is 0.889. The first-order valence-electron chi connectivity index (χ1n) is 5.63. The summed E-state index contributed by atoms with van der Waals surface area (Å²) in [6.45, 7) is 0.590. The van der Waals surface area contributed by atoms with Gasteiger partial charge in [0, 0.05) is 0 Å². The Hall–Kier alpha value is -1.86. The van der Waals surface area contributed by atoms with E-state index in [1.807, 2.05) is 36.6 Å². The van der Waals surface area contributed by atoms with Crippen LogP contribution in [0.2, 0.25) is 0 Å². The largest absolute Gasteiger partial charge is 0.463 e. The van der Waals surface area contributed by atoms with Gasteiger partial charge in [-0.1, -0.05) is 12.1 Å². The zero-order valence-electron chi connectivity index (χ0n) is 10.1. The zero-order valence-corrected chi connectivity index (χ0v) is 11.0. The lowest BCUT2D eigenvalue weighted by Gasteiger charge is -2.05. The minimum absolute atomic E-state index is 0.590. The first kappa shape index (κ1) is 12.6. The molecule has 3 nitrogen and oxygen atoms in total. The second-order valence-electron chi connectivity index (χ2n) is 3.81. The minimum atomic E-state index is 0.590. The molecule has 0 atom stereocenters. The Labute approximate surface area is 111 Å². The lowest BCUT2D eigenvalue weighted by atomic mass is 10.2. The summed E-state index contributed by atoms with van der Waals surface area (Å²) < 4.78 is 5.65. The molecule has 0 unspecified atom stereocenters. The number of para-hydroxylation sites is 1. The van der Waals surface area contributed by atoms with Gasteiger partial charge in [-0.25, -0.2) is 0 Å². The molecule has 0 aliphatic rings. The maximum atomic E-state index is 8.97. The van der Waals surface area contributed by atoms with Crippen molar-refractivity contribution in [3.8, 4) is 6.07 Å². The second-order valence-corrected chi connectivity index (χ2v) is 4.68. The molecule has 1 N–H and O–H groups in total. The number of thioether (sulfide) groups is 1. The summed E-state index contributed by atoms with van der Waals surface area (Å²) in [5, 5.41) is 12.2. The van der Waals surface area contributed by atoms with Crippen molar-refractivity contribution in [1.29, 1.82) is 5.26 Å². The maximum Gasteiger partial charge on any atom is 0.123 e. The average molecular weight is 258 g/mol. The number of rotatable bonds is 5. The molecule has 1 aromatic heterocycles. The Bertz CT molecular complexity index is 557. The third kappa shape index (κ3) is 3.08. The van der Waals surface area contributed by atoms with Crippen LogP contribution in [0.25, 0.3) is 0 Å². The molecule has 2 rings (SSSR count). The molecule has 18 heavy (non-hydrogen) atoms. The highest BCUT2D eigenvalue weighted by molar-refractivity contribution is 7.97. The van der Waals surface area contributed by atoms with E-state index in [2.05, 4.69) is 11.4 Å². The topological polar surface area (TPSA) is 49.0 Å². The van der Waals surface area contributed by atoms with Crippen LogP contribution in [0.3, 0.4) is 0 Å². The molecule has 0 aliphatic carbocycles. The van der Waals surface area contributed by atoms with Crippen LogP contribution in [0.1, 0.15) is 17.1 Å². The number of nitrogens with one attached hydrogen (secondary N) is 1. The molecule has 0 saturated carbocycles. The molecule has 0 amide bonds. The second kappa shape index (κ2) is 6.18. The Kier molecular flexibility index (Phi) is 4.32. The fourth-order valence-electron chi connectivity index (χ4n) is 1.65. The van der Waals surface area contributed by atoms with Crippen molar-refractivity contribution in [2.75, 3.05) is 11.6 Å². The van der Waals surface area contributed by atoms with Crippen LogP contribution in [0.4, 0.5) is 5.69 Å². The van der Waals surface area contributed by atoms with Crippen LogP contribution in [-0.4, -0.2) is 6.26 Å². The van der Waals surface area contributed by atoms with Crippen molar-refractivity contribution in [2.24, 2.45) is 0 Å². The highest BCUT2D eigenvalue weighted by Crippen LogP contribution is 2.17. The number of benzene rings is 1. The number of hydrogen-bond acceptors (Lipinski definition) is 4. The summed E-state index contributed by atoms with van der Waals surface area (Å²) in [7, 11) is 0. The lowest BCUT2D eigenvalue weighted by molar-refractivity contribution is 0.487. The van der Waals surface area contributed by atoms with Crippen LogP contribution in [-0.2, 0) is 12.3 Å². The van der Waals surface area contributed by atoms with Crippen molar-refractivity contribution >= 4 is 17.4 Å². The molecule has 4 heteroatoms. The molecule has 1 aromatic carbocycles. The predicted molar refractivity (Wildman–Crippen MR) is 74.4 cm³/mol. The van der Waals surface area contributed by atoms with Crippen LogP contribution in [0.5, 0.6) is 0 Å². The van der Waals surface area contributed by atoms with Gasteiger partial charge in [0.25, 0.3) is 0 Å². The van der Waals surface area contributed by atoms with Crippen molar-refractivity contribution in [3.63, 3.8) is 0 Å². The van der Waals surface area contributed by atoms with Gasteiger partial charge in [0.2, 0.25) is 0 Å². The number of anilines is 1. The zero-order chi connectivity index (χ0) is 12.8. The van der Waals surface area contributed by atoms with E-state index >= 15 is 0 Å². The van der Waals surface area contributed by atoms with E-state index in [-0.39, 0.29) is 0 Å². The molecule has 0 saturated heterocycles. The third-order valence-electron chi connectivity index (χ3n) is 2.50. The number of nitrogens with zero attached hydrogens (tertiary/aromatic N) is 1. The van der Waals surface area contributed by atoms with E-state index in [9.17, 15) is 0 Å². The molecule has 2 aromatic rings. The summed E-state index contributed by atoms with van der Waals surface area (Å²) in [5.74, 6) is 2.74. The van der Waals surface area contributed by atoms with E-state index in [0.29, 0.717) is 12.1 Å². The van der Waals surface area contributed by atoms with Gasteiger partial charge in [0.1, 0.15) is 17.6 Å². The molecule has 0 fully saturated rings. The summed E-state index contributed by atoms with van der Waals surface area (Å²) in [6.07, 6.45) is 2.05. The molecular formula is C14H14N2OS. The van der Waals surface area contributed by atoms with E-state index in [0.717, 1.165) is 23.0 Å². The van der Waals surface area contributed by atoms with Gasteiger partial charge in [-0.15, -0.1) is 0 Å². The summed E-state index contributed by atoms with van der Waals surface area (Å²) in [6, 6.07) is 13.6. The van der Waals surface area contributed by atoms with E-state index in [1.165, 1.54) is 0 Å². The van der Waals surface area contributed by atoms with Crippen LogP contribution in [0, 0.1) is 11.3 Å². The molecule has 92 valence electrons. The van der Waals surface area contributed by atoms with Crippen molar-refractivity contribution in [1.82, 2.24) is 0 Å². The normalized spacial score (nSPS) is 10.0. The number of furan rings is 1. The minimum Gasteiger partial charge on any atom is -0.463 e. The first-order valence-corrected chi connectivity index (χ1v) is 7.02. The van der Waals surface area contributed by atoms with Gasteiger partial charge in [-0.3, -0.25) is 0 Å². The molecule has 0 radical (unpaired) electrons. The summed E-state index contributed by atoms with van der Waals surface area (Å²) >= 11 is 1.73. The van der Waals surface area contributed by atoms with Gasteiger partial charge >= 0.3 is 0 Å². The van der Waals surface area contributed by atoms with Gasteiger partial charge < -0.3 is 9.73 Å². The van der Waals surface area contributed by atoms with E-state index in [4.69, 9.17) is 9.68 Å². The van der Waals surface area contributed by atoms with E-state index in [1.54, 1.807) is 17.8 Å². The molecule has 0 bridgehead atoms. The van der Waals surface area contributed by atoms with Crippen molar-refractivity contribution in [2.45, 2.75) is 12.3 Å². The molecule has 0 aliphatic heterocycles. The molecule has 1 heterocycles. The van der Waals surface area contributed by atoms with Crippen LogP contribution >= 0.6 is 11.8 Å². The standard InChI is InChI=1S/C14H14N2OS/c1-18-10-13-7-6-12(17-13)9-16-14-5-3-2-4-11(14)8-15/h2-7,16H,9-10H2,1H3. The lowest BCUT2D eigenvalue weighted by Crippen LogP contribution is -1.99. The van der Waals surface area contributed by atoms with Crippen LogP contribution < -0.4 is 5.32 Å². The highest BCUT2D eigenvalue weighted by Gasteiger charge is 2.03. The van der Waals surface area contributed by atoms with Crippen molar-refractivity contribution in [3.05, 3.63) is 53.5 Å². The van der Waals surface area contributed by atoms with Gasteiger partial charge in [0.05, 0.1) is 23.5 Å². The number of nitriles is 1. The molecular weight excluding hydrogens is 244 g/mol. The Morgan fingerprint density at radius 1 is 1.22 bits per heavy atom. The smallest absolute Gasteiger partial charge is 0.123 e. The average Bonchev–Trinajstić information content (AvgIpc) is 2.85. The summed E-state index contributed by atoms with van der Waals surface area (Å²) in [5.41, 5.74) is 1.48. The SMILES string of the molecule is CSCc1ccc(CNc2ccccc2C#N)o1. The Morgan fingerprint density at radius 2 is 2.00 bits per heavy atom. The highest BCUT2D eigenvalue weighted by atomic mass is 32.2. The first-order chi connectivity index (χ1) is 8.83. The predicted octanol–water partition coefficient (Wildman–Crippen LogP) is 3.63. The monoisotopic (exact) mass is 258 g/mol. The molecule has 0 spiro atoms. The van der Waals surface area contributed by atoms with Crippen LogP contribution in [0.15, 0.2) is 40.8 Å². The fourth-order valence-corrected chi connectivity index (χ4v) is 2.09. The van der Waals surface area contributed by atoms with Gasteiger partial charge in [-0.05, 0) is 30.5 Å².